The maximum Gasteiger partial charge on any atom is 0.433 e. The minimum absolute atomic E-state index is 0.0262. The first kappa shape index (κ1) is 18.7. The third-order valence-electron chi connectivity index (χ3n) is 3.04. The zero-order chi connectivity index (χ0) is 17.8. The largest absolute Gasteiger partial charge is 0.481 e. The average Bonchev–Trinajstić information content (AvgIpc) is 2.37. The molecule has 2 amide bonds. The molecule has 128 valence electrons. The van der Waals surface area contributed by atoms with Crippen molar-refractivity contribution < 1.29 is 27.9 Å². The summed E-state index contributed by atoms with van der Waals surface area (Å²) in [5, 5.41) is 13.6. The number of halogens is 3. The lowest BCUT2D eigenvalue weighted by Crippen LogP contribution is -2.45. The molecule has 0 unspecified atom stereocenters. The highest BCUT2D eigenvalue weighted by atomic mass is 19.4. The highest BCUT2D eigenvalue weighted by molar-refractivity contribution is 5.90. The van der Waals surface area contributed by atoms with Gasteiger partial charge in [0.2, 0.25) is 0 Å². The Kier molecular flexibility index (Phi) is 5.57. The van der Waals surface area contributed by atoms with E-state index >= 15 is 0 Å². The van der Waals surface area contributed by atoms with Crippen molar-refractivity contribution in [2.75, 3.05) is 5.32 Å². The smallest absolute Gasteiger partial charge is 0.433 e. The van der Waals surface area contributed by atoms with E-state index < -0.39 is 29.4 Å². The lowest BCUT2D eigenvalue weighted by molar-refractivity contribution is -0.141. The number of aromatic nitrogens is 1. The molecule has 1 heterocycles. The molecule has 0 bridgehead atoms. The van der Waals surface area contributed by atoms with E-state index in [-0.39, 0.29) is 24.2 Å². The first-order valence-corrected chi connectivity index (χ1v) is 6.76. The number of anilines is 1. The Bertz CT molecular complexity index is 601. The molecule has 9 heteroatoms. The third-order valence-corrected chi connectivity index (χ3v) is 3.04. The first-order valence-electron chi connectivity index (χ1n) is 6.76. The molecule has 0 atom stereocenters. The highest BCUT2D eigenvalue weighted by Gasteiger charge is 2.32. The van der Waals surface area contributed by atoms with Crippen LogP contribution in [0.4, 0.5) is 23.7 Å². The number of hydrogen-bond acceptors (Lipinski definition) is 3. The number of hydrogen-bond donors (Lipinski definition) is 3. The second-order valence-corrected chi connectivity index (χ2v) is 5.68. The zero-order valence-corrected chi connectivity index (χ0v) is 12.9. The number of urea groups is 1. The molecule has 0 radical (unpaired) electrons. The molecule has 1 rings (SSSR count). The van der Waals surface area contributed by atoms with Crippen LogP contribution in [-0.4, -0.2) is 27.6 Å². The Labute approximate surface area is 131 Å². The number of carbonyl (C=O) groups excluding carboxylic acids is 1. The van der Waals surface area contributed by atoms with Gasteiger partial charge in [-0.25, -0.2) is 9.78 Å². The van der Waals surface area contributed by atoms with Gasteiger partial charge in [0.05, 0.1) is 11.4 Å². The second-order valence-electron chi connectivity index (χ2n) is 5.68. The van der Waals surface area contributed by atoms with Gasteiger partial charge < -0.3 is 15.7 Å². The predicted molar refractivity (Wildman–Crippen MR) is 77.1 cm³/mol. The Hall–Kier alpha value is -2.32. The minimum Gasteiger partial charge on any atom is -0.481 e. The first-order chi connectivity index (χ1) is 10.4. The molecule has 0 saturated carbocycles. The summed E-state index contributed by atoms with van der Waals surface area (Å²) in [6, 6.07) is 1.25. The summed E-state index contributed by atoms with van der Waals surface area (Å²) in [7, 11) is 0. The predicted octanol–water partition coefficient (Wildman–Crippen LogP) is 3.17. The van der Waals surface area contributed by atoms with Crippen molar-refractivity contribution in [3.8, 4) is 0 Å². The van der Waals surface area contributed by atoms with Crippen molar-refractivity contribution in [2.24, 2.45) is 0 Å². The lowest BCUT2D eigenvalue weighted by atomic mass is 9.99. The van der Waals surface area contributed by atoms with Gasteiger partial charge in [-0.2, -0.15) is 13.2 Å². The van der Waals surface area contributed by atoms with Crippen molar-refractivity contribution in [3.05, 3.63) is 23.5 Å². The lowest BCUT2D eigenvalue weighted by Gasteiger charge is -2.26. The number of pyridine rings is 1. The topological polar surface area (TPSA) is 91.3 Å². The number of nitrogens with zero attached hydrogens (tertiary/aromatic N) is 1. The van der Waals surface area contributed by atoms with Crippen LogP contribution in [0.5, 0.6) is 0 Å². The van der Waals surface area contributed by atoms with E-state index in [1.54, 1.807) is 13.8 Å². The Morgan fingerprint density at radius 3 is 2.35 bits per heavy atom. The number of alkyl halides is 3. The fraction of sp³-hybridized carbons (Fsp3) is 0.500. The van der Waals surface area contributed by atoms with Crippen LogP contribution < -0.4 is 10.6 Å². The number of carbonyl (C=O) groups is 2. The van der Waals surface area contributed by atoms with Crippen LogP contribution in [-0.2, 0) is 11.0 Å². The molecule has 0 aliphatic carbocycles. The molecular weight excluding hydrogens is 315 g/mol. The Morgan fingerprint density at radius 1 is 1.26 bits per heavy atom. The molecule has 0 aliphatic heterocycles. The van der Waals surface area contributed by atoms with Crippen molar-refractivity contribution in [2.45, 2.75) is 45.3 Å². The summed E-state index contributed by atoms with van der Waals surface area (Å²) in [5.41, 5.74) is -1.65. The zero-order valence-electron chi connectivity index (χ0n) is 12.9. The van der Waals surface area contributed by atoms with Gasteiger partial charge in [0.1, 0.15) is 5.69 Å². The summed E-state index contributed by atoms with van der Waals surface area (Å²) >= 11 is 0. The van der Waals surface area contributed by atoms with Gasteiger partial charge >= 0.3 is 18.2 Å². The molecule has 0 aliphatic rings. The minimum atomic E-state index is -4.55. The van der Waals surface area contributed by atoms with Crippen molar-refractivity contribution in [3.63, 3.8) is 0 Å². The number of rotatable bonds is 5. The van der Waals surface area contributed by atoms with E-state index in [0.29, 0.717) is 0 Å². The quantitative estimate of drug-likeness (QED) is 0.772. The van der Waals surface area contributed by atoms with Crippen LogP contribution in [0.15, 0.2) is 12.1 Å². The number of nitrogens with one attached hydrogen (secondary N) is 2. The molecule has 0 saturated heterocycles. The Morgan fingerprint density at radius 2 is 1.87 bits per heavy atom. The van der Waals surface area contributed by atoms with Gasteiger partial charge in [-0.1, -0.05) is 0 Å². The molecule has 1 aromatic heterocycles. The SMILES string of the molecule is Cc1nc(C(F)(F)F)ccc1NC(=O)NC(C)(C)CCC(=O)O. The maximum atomic E-state index is 12.5. The summed E-state index contributed by atoms with van der Waals surface area (Å²) in [4.78, 5) is 25.8. The van der Waals surface area contributed by atoms with Crippen molar-refractivity contribution >= 4 is 17.7 Å². The van der Waals surface area contributed by atoms with E-state index in [1.165, 1.54) is 6.92 Å². The van der Waals surface area contributed by atoms with Crippen LogP contribution >= 0.6 is 0 Å². The van der Waals surface area contributed by atoms with E-state index in [1.807, 2.05) is 0 Å². The number of carboxylic acid groups (broad SMARTS) is 1. The van der Waals surface area contributed by atoms with Crippen LogP contribution in [0.3, 0.4) is 0 Å². The normalized spacial score (nSPS) is 11.9. The number of amides is 2. The molecule has 23 heavy (non-hydrogen) atoms. The van der Waals surface area contributed by atoms with E-state index in [9.17, 15) is 22.8 Å². The van der Waals surface area contributed by atoms with Gasteiger partial charge in [-0.15, -0.1) is 0 Å². The van der Waals surface area contributed by atoms with Gasteiger partial charge in [0, 0.05) is 12.0 Å². The fourth-order valence-corrected chi connectivity index (χ4v) is 1.79. The summed E-state index contributed by atoms with van der Waals surface area (Å²) in [5.74, 6) is -0.983. The van der Waals surface area contributed by atoms with Crippen LogP contribution in [0, 0.1) is 6.92 Å². The second kappa shape index (κ2) is 6.84. The monoisotopic (exact) mass is 333 g/mol. The van der Waals surface area contributed by atoms with Crippen molar-refractivity contribution in [1.29, 1.82) is 0 Å². The number of aryl methyl sites for hydroxylation is 1. The van der Waals surface area contributed by atoms with Crippen LogP contribution in [0.1, 0.15) is 38.1 Å². The van der Waals surface area contributed by atoms with Crippen LogP contribution in [0.2, 0.25) is 0 Å². The highest BCUT2D eigenvalue weighted by Crippen LogP contribution is 2.29. The van der Waals surface area contributed by atoms with E-state index in [2.05, 4.69) is 15.6 Å². The third kappa shape index (κ3) is 6.13. The molecule has 1 aromatic rings. The van der Waals surface area contributed by atoms with Gasteiger partial charge in [0.25, 0.3) is 0 Å². The van der Waals surface area contributed by atoms with Gasteiger partial charge in [0.15, 0.2) is 0 Å². The van der Waals surface area contributed by atoms with Crippen LogP contribution in [0.25, 0.3) is 0 Å². The molecule has 0 fully saturated rings. The van der Waals surface area contributed by atoms with Crippen molar-refractivity contribution in [1.82, 2.24) is 10.3 Å². The summed E-state index contributed by atoms with van der Waals surface area (Å²) < 4.78 is 37.6. The van der Waals surface area contributed by atoms with E-state index in [4.69, 9.17) is 5.11 Å². The molecule has 0 spiro atoms. The molecular formula is C14H18F3N3O3. The molecule has 0 aromatic carbocycles. The van der Waals surface area contributed by atoms with Gasteiger partial charge in [-0.3, -0.25) is 4.79 Å². The molecule has 3 N–H and O–H groups in total. The maximum absolute atomic E-state index is 12.5. The van der Waals surface area contributed by atoms with Gasteiger partial charge in [-0.05, 0) is 39.3 Å². The average molecular weight is 333 g/mol. The summed E-state index contributed by atoms with van der Waals surface area (Å²) in [6.45, 7) is 4.64. The molecule has 6 nitrogen and oxygen atoms in total. The summed E-state index contributed by atoms with van der Waals surface area (Å²) in [6.07, 6.45) is -4.46. The number of carboxylic acids is 1. The fourth-order valence-electron chi connectivity index (χ4n) is 1.79. The number of aliphatic carboxylic acids is 1. The standard InChI is InChI=1S/C14H18F3N3O3/c1-8-9(4-5-10(18-8)14(15,16)17)19-12(23)20-13(2,3)7-6-11(21)22/h4-5H,6-7H2,1-3H3,(H,21,22)(H2,19,20,23). The Balaban J connectivity index is 2.73. The van der Waals surface area contributed by atoms with E-state index in [0.717, 1.165) is 12.1 Å².